The molecule has 8 heteroatoms. The lowest BCUT2D eigenvalue weighted by molar-refractivity contribution is -0.384. The van der Waals surface area contributed by atoms with E-state index in [2.05, 4.69) is 0 Å². The van der Waals surface area contributed by atoms with Crippen molar-refractivity contribution >= 4 is 5.69 Å². The fourth-order valence-electron chi connectivity index (χ4n) is 3.20. The highest BCUT2D eigenvalue weighted by molar-refractivity contribution is 5.56. The molecule has 1 aliphatic heterocycles. The Morgan fingerprint density at radius 3 is 2.58 bits per heavy atom. The van der Waals surface area contributed by atoms with Crippen LogP contribution in [-0.4, -0.2) is 9.49 Å². The third-order valence-electron chi connectivity index (χ3n) is 4.44. The standard InChI is InChI=1S/C18H16N4O4/c1-3-21-10(2)8-14-16(18(21)23)15(13(9-19)17(20)26-14)11-4-6-12(7-5-11)22(24)25/h4-8,15H,3,20H2,1-2H3. The van der Waals surface area contributed by atoms with Gasteiger partial charge in [0, 0.05) is 30.4 Å². The van der Waals surface area contributed by atoms with Crippen molar-refractivity contribution in [3.63, 3.8) is 0 Å². The van der Waals surface area contributed by atoms with Gasteiger partial charge in [-0.15, -0.1) is 0 Å². The Balaban J connectivity index is 2.28. The molecule has 1 aliphatic rings. The van der Waals surface area contributed by atoms with Crippen molar-refractivity contribution in [1.29, 1.82) is 5.26 Å². The quantitative estimate of drug-likeness (QED) is 0.667. The number of non-ortho nitro benzene ring substituents is 1. The van der Waals surface area contributed by atoms with Crippen LogP contribution in [0.1, 0.15) is 29.7 Å². The first kappa shape index (κ1) is 17.2. The summed E-state index contributed by atoms with van der Waals surface area (Å²) in [4.78, 5) is 23.4. The summed E-state index contributed by atoms with van der Waals surface area (Å²) in [5.74, 6) is -0.510. The topological polar surface area (TPSA) is 124 Å². The number of aryl methyl sites for hydroxylation is 1. The number of hydrogen-bond donors (Lipinski definition) is 1. The van der Waals surface area contributed by atoms with Gasteiger partial charge in [-0.25, -0.2) is 0 Å². The third-order valence-corrected chi connectivity index (χ3v) is 4.44. The number of pyridine rings is 1. The second kappa shape index (κ2) is 6.37. The van der Waals surface area contributed by atoms with Crippen LogP contribution in [0, 0.1) is 28.4 Å². The Morgan fingerprint density at radius 2 is 2.04 bits per heavy atom. The maximum absolute atomic E-state index is 13.0. The molecule has 0 aliphatic carbocycles. The second-order valence-corrected chi connectivity index (χ2v) is 5.89. The molecule has 26 heavy (non-hydrogen) atoms. The molecule has 8 nitrogen and oxygen atoms in total. The molecule has 2 aromatic rings. The molecular weight excluding hydrogens is 336 g/mol. The van der Waals surface area contributed by atoms with Crippen LogP contribution in [0.4, 0.5) is 5.69 Å². The minimum absolute atomic E-state index is 0.0728. The zero-order chi connectivity index (χ0) is 19.0. The van der Waals surface area contributed by atoms with Crippen molar-refractivity contribution in [1.82, 2.24) is 4.57 Å². The van der Waals surface area contributed by atoms with Crippen molar-refractivity contribution in [3.8, 4) is 11.8 Å². The molecule has 0 amide bonds. The molecule has 0 saturated carbocycles. The Kier molecular flexibility index (Phi) is 4.22. The van der Waals surface area contributed by atoms with E-state index >= 15 is 0 Å². The van der Waals surface area contributed by atoms with Gasteiger partial charge >= 0.3 is 0 Å². The largest absolute Gasteiger partial charge is 0.440 e. The number of nitro groups is 1. The Morgan fingerprint density at radius 1 is 1.38 bits per heavy atom. The van der Waals surface area contributed by atoms with Crippen molar-refractivity contribution in [3.05, 3.63) is 79.1 Å². The van der Waals surface area contributed by atoms with E-state index < -0.39 is 10.8 Å². The average molecular weight is 352 g/mol. The van der Waals surface area contributed by atoms with Crippen molar-refractivity contribution in [2.45, 2.75) is 26.3 Å². The first-order valence-electron chi connectivity index (χ1n) is 7.95. The first-order chi connectivity index (χ1) is 12.4. The highest BCUT2D eigenvalue weighted by Gasteiger charge is 2.34. The average Bonchev–Trinajstić information content (AvgIpc) is 2.61. The lowest BCUT2D eigenvalue weighted by Gasteiger charge is -2.27. The SMILES string of the molecule is CCn1c(C)cc2c(c1=O)C(c1ccc([N+](=O)[O-])cc1)C(C#N)=C(N)O2. The van der Waals surface area contributed by atoms with Gasteiger partial charge in [0.1, 0.15) is 17.4 Å². The molecule has 0 saturated heterocycles. The highest BCUT2D eigenvalue weighted by atomic mass is 16.6. The van der Waals surface area contributed by atoms with Crippen LogP contribution in [0.2, 0.25) is 0 Å². The molecular formula is C18H16N4O4. The van der Waals surface area contributed by atoms with Gasteiger partial charge in [-0.05, 0) is 19.4 Å². The zero-order valence-corrected chi connectivity index (χ0v) is 14.2. The monoisotopic (exact) mass is 352 g/mol. The molecule has 0 fully saturated rings. The van der Waals surface area contributed by atoms with Crippen molar-refractivity contribution in [2.24, 2.45) is 5.73 Å². The van der Waals surface area contributed by atoms with Crippen LogP contribution in [0.15, 0.2) is 46.6 Å². The van der Waals surface area contributed by atoms with Gasteiger partial charge in [-0.2, -0.15) is 5.26 Å². The Hall–Kier alpha value is -3.60. The molecule has 2 heterocycles. The number of fused-ring (bicyclic) bond motifs is 1. The summed E-state index contributed by atoms with van der Waals surface area (Å²) in [5.41, 5.74) is 7.23. The Labute approximate surface area is 148 Å². The molecule has 2 N–H and O–H groups in total. The first-order valence-corrected chi connectivity index (χ1v) is 7.95. The maximum Gasteiger partial charge on any atom is 0.269 e. The van der Waals surface area contributed by atoms with Crippen molar-refractivity contribution < 1.29 is 9.66 Å². The molecule has 132 valence electrons. The molecule has 1 aromatic carbocycles. The lowest BCUT2D eigenvalue weighted by atomic mass is 9.84. The normalized spacial score (nSPS) is 15.8. The zero-order valence-electron chi connectivity index (χ0n) is 14.2. The summed E-state index contributed by atoms with van der Waals surface area (Å²) < 4.78 is 7.10. The van der Waals surface area contributed by atoms with E-state index in [-0.39, 0.29) is 22.7 Å². The summed E-state index contributed by atoms with van der Waals surface area (Å²) in [7, 11) is 0. The van der Waals surface area contributed by atoms with Gasteiger partial charge in [-0.3, -0.25) is 14.9 Å². The van der Waals surface area contributed by atoms with Crippen LogP contribution in [-0.2, 0) is 6.54 Å². The van der Waals surface area contributed by atoms with E-state index in [4.69, 9.17) is 10.5 Å². The molecule has 1 atom stereocenters. The number of nitro benzene ring substituents is 1. The van der Waals surface area contributed by atoms with Gasteiger partial charge < -0.3 is 15.0 Å². The fraction of sp³-hybridized carbons (Fsp3) is 0.222. The summed E-state index contributed by atoms with van der Waals surface area (Å²) in [6, 6.07) is 9.44. The number of rotatable bonds is 3. The van der Waals surface area contributed by atoms with Gasteiger partial charge in [0.15, 0.2) is 0 Å². The number of ether oxygens (including phenoxy) is 1. The fourth-order valence-corrected chi connectivity index (χ4v) is 3.20. The van der Waals surface area contributed by atoms with Crippen LogP contribution in [0.3, 0.4) is 0 Å². The number of allylic oxidation sites excluding steroid dienone is 1. The summed E-state index contributed by atoms with van der Waals surface area (Å²) in [5, 5.41) is 20.4. The number of nitrogens with two attached hydrogens (primary N) is 1. The van der Waals surface area contributed by atoms with E-state index in [1.807, 2.05) is 13.0 Å². The van der Waals surface area contributed by atoms with E-state index in [0.29, 0.717) is 29.1 Å². The second-order valence-electron chi connectivity index (χ2n) is 5.89. The summed E-state index contributed by atoms with van der Waals surface area (Å²) in [6.45, 7) is 4.10. The molecule has 3 rings (SSSR count). The van der Waals surface area contributed by atoms with E-state index in [0.717, 1.165) is 0 Å². The predicted octanol–water partition coefficient (Wildman–Crippen LogP) is 2.30. The third kappa shape index (κ3) is 2.59. The van der Waals surface area contributed by atoms with Gasteiger partial charge in [0.2, 0.25) is 5.88 Å². The molecule has 0 radical (unpaired) electrons. The number of nitriles is 1. The van der Waals surface area contributed by atoms with Crippen LogP contribution in [0.5, 0.6) is 5.75 Å². The number of benzene rings is 1. The van der Waals surface area contributed by atoms with Crippen LogP contribution >= 0.6 is 0 Å². The predicted molar refractivity (Wildman–Crippen MR) is 93.5 cm³/mol. The van der Waals surface area contributed by atoms with Gasteiger partial charge in [-0.1, -0.05) is 12.1 Å². The summed E-state index contributed by atoms with van der Waals surface area (Å²) >= 11 is 0. The highest BCUT2D eigenvalue weighted by Crippen LogP contribution is 2.40. The van der Waals surface area contributed by atoms with Crippen LogP contribution in [0.25, 0.3) is 0 Å². The molecule has 1 unspecified atom stereocenters. The van der Waals surface area contributed by atoms with E-state index in [1.165, 1.54) is 24.3 Å². The molecule has 0 spiro atoms. The smallest absolute Gasteiger partial charge is 0.269 e. The van der Waals surface area contributed by atoms with E-state index in [9.17, 15) is 20.2 Å². The van der Waals surface area contributed by atoms with Crippen molar-refractivity contribution in [2.75, 3.05) is 0 Å². The maximum atomic E-state index is 13.0. The number of hydrogen-bond acceptors (Lipinski definition) is 6. The number of nitrogens with zero attached hydrogens (tertiary/aromatic N) is 3. The Bertz CT molecular complexity index is 1030. The number of aromatic nitrogens is 1. The van der Waals surface area contributed by atoms with Crippen LogP contribution < -0.4 is 16.0 Å². The summed E-state index contributed by atoms with van der Waals surface area (Å²) in [6.07, 6.45) is 0. The molecule has 0 bridgehead atoms. The molecule has 1 aromatic heterocycles. The van der Waals surface area contributed by atoms with Gasteiger partial charge in [0.05, 0.1) is 16.4 Å². The van der Waals surface area contributed by atoms with E-state index in [1.54, 1.807) is 17.6 Å². The minimum Gasteiger partial charge on any atom is -0.440 e. The van der Waals surface area contributed by atoms with Gasteiger partial charge in [0.25, 0.3) is 11.2 Å². The minimum atomic E-state index is -0.740. The lowest BCUT2D eigenvalue weighted by Crippen LogP contribution is -2.32.